The molecular weight excluding hydrogens is 224 g/mol. The zero-order valence-corrected chi connectivity index (χ0v) is 10.8. The highest BCUT2D eigenvalue weighted by atomic mass is 16.5. The molecule has 1 N–H and O–H groups in total. The van der Waals surface area contributed by atoms with Crippen molar-refractivity contribution in [1.82, 2.24) is 0 Å². The normalized spacial score (nSPS) is 12.1. The second-order valence-electron chi connectivity index (χ2n) is 4.29. The van der Waals surface area contributed by atoms with Gasteiger partial charge in [0.25, 0.3) is 0 Å². The van der Waals surface area contributed by atoms with Crippen molar-refractivity contribution in [3.05, 3.63) is 59.7 Å². The van der Waals surface area contributed by atoms with Crippen LogP contribution in [0.25, 0.3) is 0 Å². The summed E-state index contributed by atoms with van der Waals surface area (Å²) >= 11 is 0. The highest BCUT2D eigenvalue weighted by molar-refractivity contribution is 5.42. The molecule has 0 heterocycles. The van der Waals surface area contributed by atoms with Crippen molar-refractivity contribution >= 4 is 0 Å². The number of rotatable bonds is 4. The lowest BCUT2D eigenvalue weighted by Gasteiger charge is -2.18. The van der Waals surface area contributed by atoms with Gasteiger partial charge >= 0.3 is 0 Å². The van der Waals surface area contributed by atoms with Crippen molar-refractivity contribution in [2.45, 2.75) is 19.3 Å². The quantitative estimate of drug-likeness (QED) is 0.879. The van der Waals surface area contributed by atoms with Crippen LogP contribution in [0.1, 0.15) is 30.4 Å². The van der Waals surface area contributed by atoms with Gasteiger partial charge in [-0.3, -0.25) is 0 Å². The van der Waals surface area contributed by atoms with Gasteiger partial charge in [0.1, 0.15) is 11.5 Å². The third-order valence-electron chi connectivity index (χ3n) is 3.22. The molecule has 0 fully saturated rings. The Bertz CT molecular complexity index is 503. The highest BCUT2D eigenvalue weighted by Crippen LogP contribution is 2.34. The van der Waals surface area contributed by atoms with Gasteiger partial charge < -0.3 is 9.84 Å². The predicted octanol–water partition coefficient (Wildman–Crippen LogP) is 3.94. The Morgan fingerprint density at radius 1 is 1.06 bits per heavy atom. The van der Waals surface area contributed by atoms with E-state index < -0.39 is 0 Å². The average Bonchev–Trinajstić information content (AvgIpc) is 2.42. The molecule has 0 aliphatic carbocycles. The summed E-state index contributed by atoms with van der Waals surface area (Å²) in [5, 5.41) is 9.36. The number of hydrogen-bond donors (Lipinski definition) is 1. The van der Waals surface area contributed by atoms with Crippen molar-refractivity contribution in [2.75, 3.05) is 7.11 Å². The third-order valence-corrected chi connectivity index (χ3v) is 3.22. The summed E-state index contributed by atoms with van der Waals surface area (Å²) in [7, 11) is 1.70. The second kappa shape index (κ2) is 5.58. The summed E-state index contributed by atoms with van der Waals surface area (Å²) in [4.78, 5) is 0. The van der Waals surface area contributed by atoms with Crippen molar-refractivity contribution in [3.63, 3.8) is 0 Å². The van der Waals surface area contributed by atoms with Gasteiger partial charge in [-0.15, -0.1) is 0 Å². The molecule has 0 radical (unpaired) electrons. The van der Waals surface area contributed by atoms with Crippen LogP contribution in [0.4, 0.5) is 0 Å². The standard InChI is InChI=1S/C16H18O2/c1-3-14(12-8-10-13(17)11-9-12)15-6-4-5-7-16(15)18-2/h4-11,14,17H,3H2,1-2H3. The van der Waals surface area contributed by atoms with E-state index in [1.807, 2.05) is 30.3 Å². The van der Waals surface area contributed by atoms with Crippen LogP contribution >= 0.6 is 0 Å². The molecular formula is C16H18O2. The average molecular weight is 242 g/mol. The van der Waals surface area contributed by atoms with Gasteiger partial charge in [0, 0.05) is 11.5 Å². The monoisotopic (exact) mass is 242 g/mol. The molecule has 0 saturated heterocycles. The molecule has 0 aliphatic rings. The van der Waals surface area contributed by atoms with E-state index in [4.69, 9.17) is 4.74 Å². The molecule has 2 aromatic carbocycles. The van der Waals surface area contributed by atoms with Crippen molar-refractivity contribution < 1.29 is 9.84 Å². The third kappa shape index (κ3) is 2.48. The molecule has 18 heavy (non-hydrogen) atoms. The number of para-hydroxylation sites is 1. The first-order valence-corrected chi connectivity index (χ1v) is 6.18. The first-order valence-electron chi connectivity index (χ1n) is 6.18. The minimum Gasteiger partial charge on any atom is -0.508 e. The predicted molar refractivity (Wildman–Crippen MR) is 73.2 cm³/mol. The van der Waals surface area contributed by atoms with Gasteiger partial charge in [0.15, 0.2) is 0 Å². The Morgan fingerprint density at radius 3 is 2.33 bits per heavy atom. The van der Waals surface area contributed by atoms with Gasteiger partial charge in [0.05, 0.1) is 7.11 Å². The lowest BCUT2D eigenvalue weighted by molar-refractivity contribution is 0.407. The molecule has 1 unspecified atom stereocenters. The van der Waals surface area contributed by atoms with E-state index in [2.05, 4.69) is 13.0 Å². The smallest absolute Gasteiger partial charge is 0.122 e. The van der Waals surface area contributed by atoms with E-state index in [1.54, 1.807) is 19.2 Å². The summed E-state index contributed by atoms with van der Waals surface area (Å²) in [5.74, 6) is 1.51. The number of methoxy groups -OCH3 is 1. The first kappa shape index (κ1) is 12.5. The van der Waals surface area contributed by atoms with Gasteiger partial charge in [-0.05, 0) is 30.2 Å². The van der Waals surface area contributed by atoms with Crippen molar-refractivity contribution in [3.8, 4) is 11.5 Å². The number of hydrogen-bond acceptors (Lipinski definition) is 2. The molecule has 2 aromatic rings. The molecule has 0 saturated carbocycles. The Labute approximate surface area is 108 Å². The number of phenols is 1. The lowest BCUT2D eigenvalue weighted by Crippen LogP contribution is -2.02. The van der Waals surface area contributed by atoms with E-state index in [0.717, 1.165) is 12.2 Å². The Morgan fingerprint density at radius 2 is 1.72 bits per heavy atom. The van der Waals surface area contributed by atoms with E-state index in [1.165, 1.54) is 11.1 Å². The van der Waals surface area contributed by atoms with E-state index >= 15 is 0 Å². The van der Waals surface area contributed by atoms with Crippen molar-refractivity contribution in [1.29, 1.82) is 0 Å². The number of benzene rings is 2. The fourth-order valence-corrected chi connectivity index (χ4v) is 2.30. The zero-order valence-electron chi connectivity index (χ0n) is 10.8. The van der Waals surface area contributed by atoms with Gasteiger partial charge in [-0.25, -0.2) is 0 Å². The fourth-order valence-electron chi connectivity index (χ4n) is 2.30. The van der Waals surface area contributed by atoms with Crippen LogP contribution in [-0.4, -0.2) is 12.2 Å². The van der Waals surface area contributed by atoms with Crippen LogP contribution in [0.15, 0.2) is 48.5 Å². The molecule has 0 spiro atoms. The lowest BCUT2D eigenvalue weighted by atomic mass is 9.88. The maximum atomic E-state index is 9.36. The minimum absolute atomic E-state index is 0.293. The van der Waals surface area contributed by atoms with Crippen LogP contribution in [0.5, 0.6) is 11.5 Å². The summed E-state index contributed by atoms with van der Waals surface area (Å²) < 4.78 is 5.42. The van der Waals surface area contributed by atoms with E-state index in [9.17, 15) is 5.11 Å². The van der Waals surface area contributed by atoms with E-state index in [0.29, 0.717) is 11.7 Å². The fraction of sp³-hybridized carbons (Fsp3) is 0.250. The van der Waals surface area contributed by atoms with Crippen LogP contribution < -0.4 is 4.74 Å². The molecule has 0 amide bonds. The summed E-state index contributed by atoms with van der Waals surface area (Å²) in [5.41, 5.74) is 2.38. The summed E-state index contributed by atoms with van der Waals surface area (Å²) in [6.07, 6.45) is 0.991. The molecule has 0 aliphatic heterocycles. The summed E-state index contributed by atoms with van der Waals surface area (Å²) in [6, 6.07) is 15.5. The molecule has 2 rings (SSSR count). The molecule has 1 atom stereocenters. The van der Waals surface area contributed by atoms with Gasteiger partial charge in [0.2, 0.25) is 0 Å². The number of aromatic hydroxyl groups is 1. The molecule has 2 heteroatoms. The molecule has 2 nitrogen and oxygen atoms in total. The highest BCUT2D eigenvalue weighted by Gasteiger charge is 2.15. The Balaban J connectivity index is 2.41. The van der Waals surface area contributed by atoms with Crippen LogP contribution in [0.2, 0.25) is 0 Å². The Kier molecular flexibility index (Phi) is 3.88. The van der Waals surface area contributed by atoms with Crippen LogP contribution in [0, 0.1) is 0 Å². The number of ether oxygens (including phenoxy) is 1. The number of phenolic OH excluding ortho intramolecular Hbond substituents is 1. The molecule has 94 valence electrons. The zero-order chi connectivity index (χ0) is 13.0. The largest absolute Gasteiger partial charge is 0.508 e. The van der Waals surface area contributed by atoms with Crippen molar-refractivity contribution in [2.24, 2.45) is 0 Å². The topological polar surface area (TPSA) is 29.5 Å². The second-order valence-corrected chi connectivity index (χ2v) is 4.29. The maximum Gasteiger partial charge on any atom is 0.122 e. The van der Waals surface area contributed by atoms with Crippen LogP contribution in [-0.2, 0) is 0 Å². The van der Waals surface area contributed by atoms with Crippen LogP contribution in [0.3, 0.4) is 0 Å². The van der Waals surface area contributed by atoms with Gasteiger partial charge in [-0.2, -0.15) is 0 Å². The van der Waals surface area contributed by atoms with E-state index in [-0.39, 0.29) is 0 Å². The SMILES string of the molecule is CCC(c1ccc(O)cc1)c1ccccc1OC. The molecule has 0 bridgehead atoms. The maximum absolute atomic E-state index is 9.36. The minimum atomic E-state index is 0.293. The Hall–Kier alpha value is -1.96. The van der Waals surface area contributed by atoms with Gasteiger partial charge in [-0.1, -0.05) is 37.3 Å². The molecule has 0 aromatic heterocycles. The first-order chi connectivity index (χ1) is 8.76. The summed E-state index contributed by atoms with van der Waals surface area (Å²) in [6.45, 7) is 2.16.